The number of nitrogens with zero attached hydrogens (tertiary/aromatic N) is 2. The van der Waals surface area contributed by atoms with Gasteiger partial charge in [0.25, 0.3) is 0 Å². The zero-order valence-corrected chi connectivity index (χ0v) is 20.8. The van der Waals surface area contributed by atoms with E-state index < -0.39 is 63.3 Å². The number of ether oxygens (including phenoxy) is 1. The second-order valence-electron chi connectivity index (χ2n) is 8.30. The topological polar surface area (TPSA) is 194 Å². The molecule has 5 N–H and O–H groups in total. The van der Waals surface area contributed by atoms with Crippen molar-refractivity contribution in [3.05, 3.63) is 77.1 Å². The van der Waals surface area contributed by atoms with Crippen LogP contribution in [0.4, 0.5) is 14.5 Å². The quantitative estimate of drug-likeness (QED) is 0.174. The molecule has 0 spiro atoms. The van der Waals surface area contributed by atoms with Gasteiger partial charge in [-0.15, -0.1) is 0 Å². The number of nitrogens with one attached hydrogen (secondary N) is 2. The minimum Gasteiger partial charge on any atom is -0.480 e. The molecule has 12 nitrogen and oxygen atoms in total. The number of esters is 1. The highest BCUT2D eigenvalue weighted by Gasteiger charge is 2.25. The third kappa shape index (κ3) is 5.89. The zero-order valence-electron chi connectivity index (χ0n) is 19.9. The van der Waals surface area contributed by atoms with E-state index in [0.29, 0.717) is 17.4 Å². The smallest absolute Gasteiger partial charge is 0.338 e. The van der Waals surface area contributed by atoms with Crippen LogP contribution in [0.25, 0.3) is 22.2 Å². The van der Waals surface area contributed by atoms with E-state index in [9.17, 15) is 31.6 Å². The van der Waals surface area contributed by atoms with Gasteiger partial charge < -0.3 is 15.6 Å². The van der Waals surface area contributed by atoms with Crippen molar-refractivity contribution in [2.75, 3.05) is 17.6 Å². The van der Waals surface area contributed by atoms with Gasteiger partial charge in [-0.1, -0.05) is 12.1 Å². The maximum absolute atomic E-state index is 15.0. The van der Waals surface area contributed by atoms with Crippen LogP contribution in [-0.4, -0.2) is 65.3 Å². The van der Waals surface area contributed by atoms with Crippen molar-refractivity contribution >= 4 is 44.5 Å². The Bertz CT molecular complexity index is 1720. The van der Waals surface area contributed by atoms with E-state index in [-0.39, 0.29) is 22.3 Å². The number of carbonyl (C=O) groups excluding carboxylic acids is 2. The summed E-state index contributed by atoms with van der Waals surface area (Å²) in [5, 5.41) is 15.4. The molecular formula is C24H19F2N5O7S. The van der Waals surface area contributed by atoms with Crippen LogP contribution >= 0.6 is 0 Å². The summed E-state index contributed by atoms with van der Waals surface area (Å²) in [6.45, 7) is -0.506. The molecule has 0 aliphatic carbocycles. The molecule has 4 rings (SSSR count). The highest BCUT2D eigenvalue weighted by molar-refractivity contribution is 7.92. The van der Waals surface area contributed by atoms with E-state index in [2.05, 4.69) is 15.2 Å². The summed E-state index contributed by atoms with van der Waals surface area (Å²) in [5.41, 5.74) is 4.84. The van der Waals surface area contributed by atoms with Gasteiger partial charge in [0.15, 0.2) is 11.5 Å². The predicted molar refractivity (Wildman–Crippen MR) is 133 cm³/mol. The number of carbonyl (C=O) groups is 3. The van der Waals surface area contributed by atoms with Crippen molar-refractivity contribution in [1.82, 2.24) is 15.2 Å². The molecule has 0 radical (unpaired) electrons. The molecular weight excluding hydrogens is 540 g/mol. The first-order valence-corrected chi connectivity index (χ1v) is 12.9. The molecule has 1 atom stereocenters. The number of fused-ring (bicyclic) bond motifs is 1. The van der Waals surface area contributed by atoms with Gasteiger partial charge in [-0.2, -0.15) is 5.10 Å². The SMILES string of the molecule is CS(=O)(=O)Nc1c(F)ccc(C(=O)c2n[nH]c3ncc(-c4ccc(C(=O)OCC(N)C(=O)O)cc4)cc23)c1F. The largest absolute Gasteiger partial charge is 0.480 e. The van der Waals surface area contributed by atoms with E-state index in [1.165, 1.54) is 24.4 Å². The summed E-state index contributed by atoms with van der Waals surface area (Å²) >= 11 is 0. The summed E-state index contributed by atoms with van der Waals surface area (Å²) in [6.07, 6.45) is 2.17. The molecule has 39 heavy (non-hydrogen) atoms. The molecule has 0 aliphatic heterocycles. The number of carboxylic acid groups (broad SMARTS) is 1. The Balaban J connectivity index is 1.63. The fraction of sp³-hybridized carbons (Fsp3) is 0.125. The number of sulfonamides is 1. The number of hydrogen-bond donors (Lipinski definition) is 4. The Morgan fingerprint density at radius 3 is 2.46 bits per heavy atom. The fourth-order valence-corrected chi connectivity index (χ4v) is 4.05. The summed E-state index contributed by atoms with van der Waals surface area (Å²) in [5.74, 6) is -5.65. The van der Waals surface area contributed by atoms with Crippen molar-refractivity contribution in [3.8, 4) is 11.1 Å². The number of nitrogens with two attached hydrogens (primary N) is 1. The number of H-pyrrole nitrogens is 1. The first kappa shape index (κ1) is 27.3. The van der Waals surface area contributed by atoms with Crippen LogP contribution in [0.1, 0.15) is 26.4 Å². The maximum Gasteiger partial charge on any atom is 0.338 e. The molecule has 0 fully saturated rings. The number of halogens is 2. The lowest BCUT2D eigenvalue weighted by Crippen LogP contribution is -2.35. The summed E-state index contributed by atoms with van der Waals surface area (Å²) in [6, 6.07) is 7.78. The maximum atomic E-state index is 15.0. The lowest BCUT2D eigenvalue weighted by atomic mass is 10.0. The van der Waals surface area contributed by atoms with Crippen molar-refractivity contribution in [2.45, 2.75) is 6.04 Å². The second-order valence-corrected chi connectivity index (χ2v) is 10.0. The fourth-order valence-electron chi connectivity index (χ4n) is 3.49. The van der Waals surface area contributed by atoms with Gasteiger partial charge in [-0.3, -0.25) is 19.4 Å². The van der Waals surface area contributed by atoms with Crippen LogP contribution in [0, 0.1) is 11.6 Å². The van der Waals surface area contributed by atoms with Crippen LogP contribution in [0.3, 0.4) is 0 Å². The molecule has 202 valence electrons. The van der Waals surface area contributed by atoms with Crippen LogP contribution in [0.2, 0.25) is 0 Å². The number of hydrogen-bond acceptors (Lipinski definition) is 9. The standard InChI is InChI=1S/C24H19F2N5O7S/c1-39(36,37)31-20-16(25)7-6-14(18(20)26)21(32)19-15-8-13(9-28-22(15)30-29-19)11-2-4-12(5-3-11)24(35)38-10-17(27)23(33)34/h2-9,17,31H,10,27H2,1H3,(H,33,34)(H,28,29,30). The number of carboxylic acids is 1. The van der Waals surface area contributed by atoms with Gasteiger partial charge in [0.05, 0.1) is 22.8 Å². The normalized spacial score (nSPS) is 12.2. The van der Waals surface area contributed by atoms with Gasteiger partial charge in [0, 0.05) is 11.8 Å². The molecule has 2 aromatic heterocycles. The van der Waals surface area contributed by atoms with E-state index in [0.717, 1.165) is 12.1 Å². The van der Waals surface area contributed by atoms with Crippen LogP contribution in [-0.2, 0) is 19.6 Å². The van der Waals surface area contributed by atoms with Gasteiger partial charge in [-0.25, -0.2) is 27.0 Å². The number of anilines is 1. The first-order chi connectivity index (χ1) is 18.4. The molecule has 4 aromatic rings. The number of pyridine rings is 1. The highest BCUT2D eigenvalue weighted by Crippen LogP contribution is 2.28. The van der Waals surface area contributed by atoms with Crippen molar-refractivity contribution < 1.29 is 41.4 Å². The Morgan fingerprint density at radius 2 is 1.82 bits per heavy atom. The zero-order chi connectivity index (χ0) is 28.5. The number of aliphatic carboxylic acids is 1. The van der Waals surface area contributed by atoms with Gasteiger partial charge >= 0.3 is 11.9 Å². The Labute approximate surface area is 218 Å². The van der Waals surface area contributed by atoms with Crippen molar-refractivity contribution in [2.24, 2.45) is 5.73 Å². The Hall–Kier alpha value is -4.76. The lowest BCUT2D eigenvalue weighted by molar-refractivity contribution is -0.139. The molecule has 1 unspecified atom stereocenters. The molecule has 0 amide bonds. The Morgan fingerprint density at radius 1 is 1.13 bits per heavy atom. The van der Waals surface area contributed by atoms with Gasteiger partial charge in [0.1, 0.15) is 29.8 Å². The number of aromatic nitrogens is 3. The van der Waals surface area contributed by atoms with Crippen molar-refractivity contribution in [1.29, 1.82) is 0 Å². The third-order valence-electron chi connectivity index (χ3n) is 5.42. The van der Waals surface area contributed by atoms with Gasteiger partial charge in [-0.05, 0) is 35.9 Å². The molecule has 0 aliphatic rings. The van der Waals surface area contributed by atoms with E-state index in [4.69, 9.17) is 15.6 Å². The van der Waals surface area contributed by atoms with E-state index in [1.54, 1.807) is 16.9 Å². The average Bonchev–Trinajstić information content (AvgIpc) is 3.32. The summed E-state index contributed by atoms with van der Waals surface area (Å²) in [4.78, 5) is 40.2. The number of benzene rings is 2. The van der Waals surface area contributed by atoms with Crippen LogP contribution in [0.15, 0.2) is 48.7 Å². The van der Waals surface area contributed by atoms with Gasteiger partial charge in [0.2, 0.25) is 15.8 Å². The molecule has 0 bridgehead atoms. The van der Waals surface area contributed by atoms with Crippen LogP contribution in [0.5, 0.6) is 0 Å². The van der Waals surface area contributed by atoms with E-state index >= 15 is 0 Å². The first-order valence-electron chi connectivity index (χ1n) is 11.0. The second kappa shape index (κ2) is 10.5. The third-order valence-corrected chi connectivity index (χ3v) is 5.99. The number of rotatable bonds is 9. The monoisotopic (exact) mass is 559 g/mol. The molecule has 2 heterocycles. The number of ketones is 1. The average molecular weight is 560 g/mol. The lowest BCUT2D eigenvalue weighted by Gasteiger charge is -2.10. The van der Waals surface area contributed by atoms with E-state index in [1.807, 2.05) is 0 Å². The molecule has 0 saturated heterocycles. The van der Waals surface area contributed by atoms with Crippen LogP contribution < -0.4 is 10.5 Å². The number of aromatic amines is 1. The minimum atomic E-state index is -4.04. The minimum absolute atomic E-state index is 0.134. The predicted octanol–water partition coefficient (Wildman–Crippen LogP) is 2.07. The highest BCUT2D eigenvalue weighted by atomic mass is 32.2. The Kier molecular flexibility index (Phi) is 7.38. The van der Waals surface area contributed by atoms with Crippen molar-refractivity contribution in [3.63, 3.8) is 0 Å². The summed E-state index contributed by atoms with van der Waals surface area (Å²) < 4.78 is 58.7. The molecule has 2 aromatic carbocycles. The summed E-state index contributed by atoms with van der Waals surface area (Å²) in [7, 11) is -4.04. The molecule has 0 saturated carbocycles. The molecule has 15 heteroatoms.